The molecule has 7 nitrogen and oxygen atoms in total. The Hall–Kier alpha value is -2.67. The molecule has 2 aliphatic rings. The van der Waals surface area contributed by atoms with E-state index in [9.17, 15) is 14.9 Å². The SMILES string of the molecule is O=C(c1ccc([N+](=O)[O-])o1)N1C[C@@H]2CCCN2Cc2ccccc21. The maximum Gasteiger partial charge on any atom is 0.433 e. The number of amides is 1. The molecule has 0 aliphatic carbocycles. The Bertz CT molecular complexity index is 801. The monoisotopic (exact) mass is 327 g/mol. The maximum atomic E-state index is 12.9. The minimum atomic E-state index is -0.633. The predicted octanol–water partition coefficient (Wildman–Crippen LogP) is 2.81. The second-order valence-corrected chi connectivity index (χ2v) is 6.21. The molecule has 1 aromatic heterocycles. The van der Waals surface area contributed by atoms with Crippen molar-refractivity contribution in [3.8, 4) is 0 Å². The average Bonchev–Trinajstić information content (AvgIpc) is 3.20. The van der Waals surface area contributed by atoms with Crippen molar-refractivity contribution in [1.82, 2.24) is 4.90 Å². The predicted molar refractivity (Wildman–Crippen MR) is 86.9 cm³/mol. The number of carbonyl (C=O) groups excluding carboxylic acids is 1. The van der Waals surface area contributed by atoms with Crippen LogP contribution < -0.4 is 4.90 Å². The summed E-state index contributed by atoms with van der Waals surface area (Å²) in [4.78, 5) is 27.2. The van der Waals surface area contributed by atoms with Gasteiger partial charge in [-0.15, -0.1) is 0 Å². The molecule has 1 atom stereocenters. The number of hydrogen-bond acceptors (Lipinski definition) is 5. The van der Waals surface area contributed by atoms with E-state index < -0.39 is 10.8 Å². The third-order valence-corrected chi connectivity index (χ3v) is 4.78. The van der Waals surface area contributed by atoms with Gasteiger partial charge in [0.2, 0.25) is 0 Å². The van der Waals surface area contributed by atoms with Gasteiger partial charge in [0.05, 0.1) is 6.07 Å². The fourth-order valence-electron chi connectivity index (χ4n) is 3.61. The van der Waals surface area contributed by atoms with E-state index in [1.807, 2.05) is 24.3 Å². The van der Waals surface area contributed by atoms with Crippen LogP contribution in [0.2, 0.25) is 0 Å². The van der Waals surface area contributed by atoms with Crippen molar-refractivity contribution in [3.63, 3.8) is 0 Å². The molecule has 24 heavy (non-hydrogen) atoms. The fourth-order valence-corrected chi connectivity index (χ4v) is 3.61. The van der Waals surface area contributed by atoms with Crippen molar-refractivity contribution in [3.05, 3.63) is 57.8 Å². The molecule has 0 bridgehead atoms. The summed E-state index contributed by atoms with van der Waals surface area (Å²) < 4.78 is 5.12. The van der Waals surface area contributed by atoms with Gasteiger partial charge in [-0.25, -0.2) is 0 Å². The Balaban J connectivity index is 1.71. The highest BCUT2D eigenvalue weighted by Gasteiger charge is 2.34. The fraction of sp³-hybridized carbons (Fsp3) is 0.353. The van der Waals surface area contributed by atoms with Gasteiger partial charge in [0.25, 0.3) is 5.91 Å². The van der Waals surface area contributed by atoms with Crippen molar-refractivity contribution in [2.75, 3.05) is 18.0 Å². The smallest absolute Gasteiger partial charge is 0.395 e. The molecule has 0 radical (unpaired) electrons. The number of rotatable bonds is 2. The standard InChI is InChI=1S/C17H17N3O4/c21-17(15-7-8-16(24-15)20(22)23)19-11-13-5-3-9-18(13)10-12-4-1-2-6-14(12)19/h1-2,4,6-8,13H,3,5,9-11H2/t13-/m0/s1. The number of furan rings is 1. The Morgan fingerprint density at radius 1 is 1.25 bits per heavy atom. The summed E-state index contributed by atoms with van der Waals surface area (Å²) in [5, 5.41) is 10.8. The lowest BCUT2D eigenvalue weighted by atomic mass is 10.1. The summed E-state index contributed by atoms with van der Waals surface area (Å²) in [6.07, 6.45) is 2.18. The van der Waals surface area contributed by atoms with E-state index in [-0.39, 0.29) is 11.7 Å². The van der Waals surface area contributed by atoms with E-state index in [4.69, 9.17) is 4.42 Å². The molecule has 124 valence electrons. The Morgan fingerprint density at radius 2 is 2.08 bits per heavy atom. The Kier molecular flexibility index (Phi) is 3.57. The van der Waals surface area contributed by atoms with Crippen molar-refractivity contribution >= 4 is 17.5 Å². The Morgan fingerprint density at radius 3 is 2.88 bits per heavy atom. The molecular formula is C17H17N3O4. The topological polar surface area (TPSA) is 79.8 Å². The molecule has 7 heteroatoms. The first-order valence-electron chi connectivity index (χ1n) is 8.01. The van der Waals surface area contributed by atoms with E-state index >= 15 is 0 Å². The van der Waals surface area contributed by atoms with E-state index in [0.717, 1.165) is 37.2 Å². The van der Waals surface area contributed by atoms with Crippen molar-refractivity contribution < 1.29 is 14.1 Å². The molecule has 1 saturated heterocycles. The van der Waals surface area contributed by atoms with Crippen LogP contribution in [0.5, 0.6) is 0 Å². The molecule has 1 aromatic carbocycles. The van der Waals surface area contributed by atoms with Crippen LogP contribution in [0.1, 0.15) is 29.0 Å². The van der Waals surface area contributed by atoms with Crippen LogP contribution in [0.25, 0.3) is 0 Å². The van der Waals surface area contributed by atoms with Gasteiger partial charge < -0.3 is 9.32 Å². The van der Waals surface area contributed by atoms with Crippen molar-refractivity contribution in [2.45, 2.75) is 25.4 Å². The molecule has 2 aromatic rings. The van der Waals surface area contributed by atoms with Gasteiger partial charge in [0, 0.05) is 24.8 Å². The minimum absolute atomic E-state index is 0.00273. The van der Waals surface area contributed by atoms with E-state index in [1.54, 1.807) is 4.90 Å². The zero-order valence-corrected chi connectivity index (χ0v) is 13.1. The van der Waals surface area contributed by atoms with Crippen LogP contribution in [0.4, 0.5) is 11.6 Å². The van der Waals surface area contributed by atoms with Gasteiger partial charge in [0.15, 0.2) is 5.76 Å². The summed E-state index contributed by atoms with van der Waals surface area (Å²) in [6, 6.07) is 10.7. The van der Waals surface area contributed by atoms with E-state index in [1.165, 1.54) is 12.1 Å². The number of anilines is 1. The second kappa shape index (κ2) is 5.76. The van der Waals surface area contributed by atoms with Gasteiger partial charge in [-0.2, -0.15) is 0 Å². The molecule has 3 heterocycles. The zero-order valence-electron chi connectivity index (χ0n) is 13.1. The first-order valence-corrected chi connectivity index (χ1v) is 8.01. The minimum Gasteiger partial charge on any atom is -0.395 e. The molecular weight excluding hydrogens is 310 g/mol. The lowest BCUT2D eigenvalue weighted by molar-refractivity contribution is -0.402. The van der Waals surface area contributed by atoms with Gasteiger partial charge >= 0.3 is 5.88 Å². The van der Waals surface area contributed by atoms with Crippen LogP contribution in [0.15, 0.2) is 40.8 Å². The maximum absolute atomic E-state index is 12.9. The highest BCUT2D eigenvalue weighted by Crippen LogP contribution is 2.32. The van der Waals surface area contributed by atoms with Crippen LogP contribution in [0, 0.1) is 10.1 Å². The quantitative estimate of drug-likeness (QED) is 0.626. The second-order valence-electron chi connectivity index (χ2n) is 6.21. The number of carbonyl (C=O) groups is 1. The molecule has 0 spiro atoms. The summed E-state index contributed by atoms with van der Waals surface area (Å²) in [7, 11) is 0. The van der Waals surface area contributed by atoms with Gasteiger partial charge in [-0.3, -0.25) is 19.8 Å². The molecule has 1 amide bonds. The van der Waals surface area contributed by atoms with E-state index in [2.05, 4.69) is 4.90 Å². The van der Waals surface area contributed by atoms with Gasteiger partial charge in [0.1, 0.15) is 4.92 Å². The molecule has 1 fully saturated rings. The number of hydrogen-bond donors (Lipinski definition) is 0. The van der Waals surface area contributed by atoms with Crippen LogP contribution in [-0.2, 0) is 6.54 Å². The number of nitro groups is 1. The first kappa shape index (κ1) is 14.9. The van der Waals surface area contributed by atoms with Gasteiger partial charge in [-0.05, 0) is 37.1 Å². The molecule has 0 N–H and O–H groups in total. The molecule has 4 rings (SSSR count). The zero-order chi connectivity index (χ0) is 16.7. The average molecular weight is 327 g/mol. The highest BCUT2D eigenvalue weighted by molar-refractivity contribution is 6.05. The normalized spacial score (nSPS) is 20.3. The first-order chi connectivity index (χ1) is 11.6. The lowest BCUT2D eigenvalue weighted by Crippen LogP contribution is -2.40. The molecule has 2 aliphatic heterocycles. The number of nitrogens with zero attached hydrogens (tertiary/aromatic N) is 3. The van der Waals surface area contributed by atoms with E-state index in [0.29, 0.717) is 12.6 Å². The number of benzene rings is 1. The van der Waals surface area contributed by atoms with Crippen molar-refractivity contribution in [1.29, 1.82) is 0 Å². The summed E-state index contributed by atoms with van der Waals surface area (Å²) >= 11 is 0. The third kappa shape index (κ3) is 2.46. The highest BCUT2D eigenvalue weighted by atomic mass is 16.6. The lowest BCUT2D eigenvalue weighted by Gasteiger charge is -2.25. The number of fused-ring (bicyclic) bond motifs is 2. The molecule has 0 unspecified atom stereocenters. The van der Waals surface area contributed by atoms with Gasteiger partial charge in [-0.1, -0.05) is 18.2 Å². The summed E-state index contributed by atoms with van der Waals surface area (Å²) in [5.74, 6) is -0.740. The summed E-state index contributed by atoms with van der Waals surface area (Å²) in [5.41, 5.74) is 1.95. The molecule has 0 saturated carbocycles. The van der Waals surface area contributed by atoms with Crippen LogP contribution in [0.3, 0.4) is 0 Å². The third-order valence-electron chi connectivity index (χ3n) is 4.78. The summed E-state index contributed by atoms with van der Waals surface area (Å²) in [6.45, 7) is 2.43. The Labute approximate surface area is 138 Å². The van der Waals surface area contributed by atoms with Crippen LogP contribution in [-0.4, -0.2) is 34.9 Å². The largest absolute Gasteiger partial charge is 0.433 e. The number of para-hydroxylation sites is 1. The van der Waals surface area contributed by atoms with Crippen LogP contribution >= 0.6 is 0 Å². The van der Waals surface area contributed by atoms with Crippen molar-refractivity contribution in [2.24, 2.45) is 0 Å².